The maximum absolute atomic E-state index is 12.1. The smallest absolute Gasteiger partial charge is 0.337 e. The van der Waals surface area contributed by atoms with Crippen molar-refractivity contribution >= 4 is 17.6 Å². The highest BCUT2D eigenvalue weighted by atomic mass is 16.5. The Kier molecular flexibility index (Phi) is 5.35. The molecule has 1 rings (SSSR count). The van der Waals surface area contributed by atoms with Crippen LogP contribution in [0.3, 0.4) is 0 Å². The van der Waals surface area contributed by atoms with Gasteiger partial charge in [0.1, 0.15) is 5.75 Å². The molecule has 0 bridgehead atoms. The van der Waals surface area contributed by atoms with Gasteiger partial charge < -0.3 is 15.2 Å². The van der Waals surface area contributed by atoms with E-state index in [1.165, 1.54) is 19.2 Å². The monoisotopic (exact) mass is 293 g/mol. The SMILES string of the molecule is COc1ccc(C(=O)O)c(NC(=O)CC(C)C(C)(C)C)c1. The summed E-state index contributed by atoms with van der Waals surface area (Å²) in [7, 11) is 1.49. The number of carbonyl (C=O) groups excluding carboxylic acids is 1. The summed E-state index contributed by atoms with van der Waals surface area (Å²) in [5.41, 5.74) is 0.321. The van der Waals surface area contributed by atoms with Crippen LogP contribution in [-0.4, -0.2) is 24.1 Å². The minimum Gasteiger partial charge on any atom is -0.497 e. The Morgan fingerprint density at radius 1 is 1.33 bits per heavy atom. The number of aromatic carboxylic acids is 1. The van der Waals surface area contributed by atoms with Gasteiger partial charge in [0.25, 0.3) is 0 Å². The second kappa shape index (κ2) is 6.61. The van der Waals surface area contributed by atoms with E-state index in [4.69, 9.17) is 9.84 Å². The van der Waals surface area contributed by atoms with E-state index in [0.717, 1.165) is 0 Å². The number of nitrogens with one attached hydrogen (secondary N) is 1. The molecule has 1 aromatic carbocycles. The second-order valence-electron chi connectivity index (χ2n) is 6.24. The number of benzene rings is 1. The van der Waals surface area contributed by atoms with Crippen molar-refractivity contribution in [2.45, 2.75) is 34.1 Å². The van der Waals surface area contributed by atoms with Crippen LogP contribution in [0.1, 0.15) is 44.5 Å². The van der Waals surface area contributed by atoms with Crippen LogP contribution >= 0.6 is 0 Å². The lowest BCUT2D eigenvalue weighted by atomic mass is 9.80. The lowest BCUT2D eigenvalue weighted by molar-refractivity contribution is -0.117. The predicted octanol–water partition coefficient (Wildman–Crippen LogP) is 3.40. The highest BCUT2D eigenvalue weighted by Crippen LogP contribution is 2.29. The van der Waals surface area contributed by atoms with Crippen LogP contribution in [0.4, 0.5) is 5.69 Å². The van der Waals surface area contributed by atoms with Crippen LogP contribution in [0.25, 0.3) is 0 Å². The summed E-state index contributed by atoms with van der Waals surface area (Å²) >= 11 is 0. The molecule has 0 heterocycles. The van der Waals surface area contributed by atoms with E-state index in [1.54, 1.807) is 6.07 Å². The first-order valence-corrected chi connectivity index (χ1v) is 6.86. The van der Waals surface area contributed by atoms with E-state index in [2.05, 4.69) is 26.1 Å². The van der Waals surface area contributed by atoms with Crippen LogP contribution in [0.5, 0.6) is 5.75 Å². The molecule has 0 radical (unpaired) electrons. The molecule has 1 atom stereocenters. The van der Waals surface area contributed by atoms with Crippen molar-refractivity contribution in [1.29, 1.82) is 0 Å². The average Bonchev–Trinajstić information content (AvgIpc) is 2.36. The molecule has 5 heteroatoms. The quantitative estimate of drug-likeness (QED) is 0.872. The third kappa shape index (κ3) is 4.77. The molecule has 5 nitrogen and oxygen atoms in total. The van der Waals surface area contributed by atoms with E-state index in [9.17, 15) is 9.59 Å². The Bertz CT molecular complexity index is 532. The van der Waals surface area contributed by atoms with Gasteiger partial charge in [-0.25, -0.2) is 4.79 Å². The Hall–Kier alpha value is -2.04. The van der Waals surface area contributed by atoms with Crippen molar-refractivity contribution in [2.75, 3.05) is 12.4 Å². The van der Waals surface area contributed by atoms with Crippen molar-refractivity contribution in [2.24, 2.45) is 11.3 Å². The zero-order chi connectivity index (χ0) is 16.2. The highest BCUT2D eigenvalue weighted by molar-refractivity contribution is 6.00. The van der Waals surface area contributed by atoms with Crippen LogP contribution < -0.4 is 10.1 Å². The molecule has 0 spiro atoms. The molecule has 0 aromatic heterocycles. The van der Waals surface area contributed by atoms with Gasteiger partial charge in [0.05, 0.1) is 18.4 Å². The Balaban J connectivity index is 2.91. The van der Waals surface area contributed by atoms with E-state index >= 15 is 0 Å². The number of methoxy groups -OCH3 is 1. The Labute approximate surface area is 125 Å². The Morgan fingerprint density at radius 2 is 1.95 bits per heavy atom. The second-order valence-corrected chi connectivity index (χ2v) is 6.24. The standard InChI is InChI=1S/C16H23NO4/c1-10(16(2,3)4)8-14(18)17-13-9-11(21-5)6-7-12(13)15(19)20/h6-7,9-10H,8H2,1-5H3,(H,17,18)(H,19,20). The lowest BCUT2D eigenvalue weighted by Gasteiger charge is -2.26. The number of hydrogen-bond donors (Lipinski definition) is 2. The van der Waals surface area contributed by atoms with Gasteiger partial charge in [-0.3, -0.25) is 4.79 Å². The number of ether oxygens (including phenoxy) is 1. The average molecular weight is 293 g/mol. The van der Waals surface area contributed by atoms with Gasteiger partial charge in [0, 0.05) is 12.5 Å². The predicted molar refractivity (Wildman–Crippen MR) is 81.8 cm³/mol. The van der Waals surface area contributed by atoms with E-state index in [-0.39, 0.29) is 28.5 Å². The highest BCUT2D eigenvalue weighted by Gasteiger charge is 2.23. The molecule has 0 fully saturated rings. The van der Waals surface area contributed by atoms with Gasteiger partial charge in [-0.05, 0) is 23.5 Å². The number of carbonyl (C=O) groups is 2. The number of hydrogen-bond acceptors (Lipinski definition) is 3. The molecule has 0 aliphatic rings. The first-order chi connectivity index (χ1) is 9.65. The largest absolute Gasteiger partial charge is 0.497 e. The summed E-state index contributed by atoms with van der Waals surface area (Å²) in [5.74, 6) is -0.611. The van der Waals surface area contributed by atoms with Gasteiger partial charge >= 0.3 is 5.97 Å². The Morgan fingerprint density at radius 3 is 2.43 bits per heavy atom. The fourth-order valence-electron chi connectivity index (χ4n) is 1.73. The van der Waals surface area contributed by atoms with Crippen LogP contribution in [0, 0.1) is 11.3 Å². The third-order valence-electron chi connectivity index (χ3n) is 3.70. The van der Waals surface area contributed by atoms with Crippen LogP contribution in [-0.2, 0) is 4.79 Å². The molecule has 21 heavy (non-hydrogen) atoms. The summed E-state index contributed by atoms with van der Waals surface area (Å²) in [5, 5.41) is 11.8. The number of carboxylic acid groups (broad SMARTS) is 1. The van der Waals surface area contributed by atoms with Crippen molar-refractivity contribution in [1.82, 2.24) is 0 Å². The number of carboxylic acids is 1. The van der Waals surface area contributed by atoms with E-state index in [0.29, 0.717) is 12.2 Å². The molecule has 1 amide bonds. The number of anilines is 1. The van der Waals surface area contributed by atoms with Crippen molar-refractivity contribution in [3.05, 3.63) is 23.8 Å². The molecule has 2 N–H and O–H groups in total. The van der Waals surface area contributed by atoms with Crippen LogP contribution in [0.15, 0.2) is 18.2 Å². The van der Waals surface area contributed by atoms with Gasteiger partial charge in [0.2, 0.25) is 5.91 Å². The molecule has 0 saturated carbocycles. The van der Waals surface area contributed by atoms with Gasteiger partial charge in [-0.1, -0.05) is 27.7 Å². The molecule has 1 unspecified atom stereocenters. The van der Waals surface area contributed by atoms with Gasteiger partial charge in [-0.15, -0.1) is 0 Å². The summed E-state index contributed by atoms with van der Waals surface area (Å²) in [6, 6.07) is 4.49. The fraction of sp³-hybridized carbons (Fsp3) is 0.500. The third-order valence-corrected chi connectivity index (χ3v) is 3.70. The summed E-state index contributed by atoms with van der Waals surface area (Å²) < 4.78 is 5.06. The molecule has 116 valence electrons. The van der Waals surface area contributed by atoms with E-state index in [1.807, 2.05) is 6.92 Å². The molecule has 0 saturated heterocycles. The van der Waals surface area contributed by atoms with E-state index < -0.39 is 5.97 Å². The molecular weight excluding hydrogens is 270 g/mol. The van der Waals surface area contributed by atoms with Crippen LogP contribution in [0.2, 0.25) is 0 Å². The lowest BCUT2D eigenvalue weighted by Crippen LogP contribution is -2.24. The summed E-state index contributed by atoms with van der Waals surface area (Å²) in [6.45, 7) is 8.21. The fourth-order valence-corrected chi connectivity index (χ4v) is 1.73. The zero-order valence-electron chi connectivity index (χ0n) is 13.2. The number of amides is 1. The first-order valence-electron chi connectivity index (χ1n) is 6.86. The van der Waals surface area contributed by atoms with Crippen molar-refractivity contribution < 1.29 is 19.4 Å². The minimum absolute atomic E-state index is 0.0152. The maximum atomic E-state index is 12.1. The normalized spacial score (nSPS) is 12.6. The van der Waals surface area contributed by atoms with Crippen molar-refractivity contribution in [3.8, 4) is 5.75 Å². The molecular formula is C16H23NO4. The van der Waals surface area contributed by atoms with Crippen molar-refractivity contribution in [3.63, 3.8) is 0 Å². The van der Waals surface area contributed by atoms with Gasteiger partial charge in [0.15, 0.2) is 0 Å². The topological polar surface area (TPSA) is 75.6 Å². The molecule has 0 aliphatic carbocycles. The summed E-state index contributed by atoms with van der Waals surface area (Å²) in [4.78, 5) is 23.3. The maximum Gasteiger partial charge on any atom is 0.337 e. The first kappa shape index (κ1) is 17.0. The number of rotatable bonds is 5. The zero-order valence-corrected chi connectivity index (χ0v) is 13.2. The molecule has 1 aromatic rings. The minimum atomic E-state index is -1.09. The summed E-state index contributed by atoms with van der Waals surface area (Å²) in [6.07, 6.45) is 0.333. The van der Waals surface area contributed by atoms with Gasteiger partial charge in [-0.2, -0.15) is 0 Å². The molecule has 0 aliphatic heterocycles.